The van der Waals surface area contributed by atoms with Crippen LogP contribution < -0.4 is 21.1 Å². The molecule has 0 amide bonds. The number of phenols is 1. The molecule has 0 radical (unpaired) electrons. The van der Waals surface area contributed by atoms with Crippen LogP contribution in [0.5, 0.6) is 5.75 Å². The van der Waals surface area contributed by atoms with Gasteiger partial charge in [0.1, 0.15) is 17.1 Å². The van der Waals surface area contributed by atoms with E-state index in [1.807, 2.05) is 18.2 Å². The smallest absolute Gasteiger partial charge is 0.277 e. The van der Waals surface area contributed by atoms with Gasteiger partial charge < -0.3 is 25.2 Å². The number of nitrogen functional groups attached to an aromatic ring is 1. The molecule has 1 saturated heterocycles. The highest BCUT2D eigenvalue weighted by atomic mass is 16.3. The summed E-state index contributed by atoms with van der Waals surface area (Å²) in [6.45, 7) is 3.20. The minimum atomic E-state index is -0.157. The largest absolute Gasteiger partial charge is 0.507 e. The molecule has 5 aromatic rings. The lowest BCUT2D eigenvalue weighted by atomic mass is 10.1. The van der Waals surface area contributed by atoms with Crippen LogP contribution in [0.25, 0.3) is 16.8 Å². The Morgan fingerprint density at radius 3 is 2.73 bits per heavy atom. The number of nitrogens with zero attached hydrogens (tertiary/aromatic N) is 9. The number of fused-ring (bicyclic) bond motifs is 1. The van der Waals surface area contributed by atoms with Crippen LogP contribution in [0.15, 0.2) is 72.0 Å². The molecule has 12 nitrogen and oxygen atoms in total. The average Bonchev–Trinajstić information content (AvgIpc) is 3.33. The Balaban J connectivity index is 1.16. The molecule has 6 rings (SSSR count). The molecule has 0 spiro atoms. The van der Waals surface area contributed by atoms with Gasteiger partial charge >= 0.3 is 0 Å². The van der Waals surface area contributed by atoms with Gasteiger partial charge in [0.15, 0.2) is 5.82 Å². The zero-order valence-electron chi connectivity index (χ0n) is 21.6. The van der Waals surface area contributed by atoms with Gasteiger partial charge in [-0.2, -0.15) is 5.10 Å². The summed E-state index contributed by atoms with van der Waals surface area (Å²) >= 11 is 0. The summed E-state index contributed by atoms with van der Waals surface area (Å²) in [5.74, 6) is 7.66. The number of aromatic hydroxyl groups is 1. The third-order valence-corrected chi connectivity index (χ3v) is 6.77. The molecule has 0 unspecified atom stereocenters. The van der Waals surface area contributed by atoms with Crippen molar-refractivity contribution in [2.24, 2.45) is 0 Å². The van der Waals surface area contributed by atoms with E-state index >= 15 is 0 Å². The lowest BCUT2D eigenvalue weighted by Gasteiger charge is -2.25. The molecule has 0 atom stereocenters. The summed E-state index contributed by atoms with van der Waals surface area (Å²) in [6.07, 6.45) is 7.54. The van der Waals surface area contributed by atoms with Crippen molar-refractivity contribution >= 4 is 22.8 Å². The highest BCUT2D eigenvalue weighted by molar-refractivity contribution is 5.74. The molecule has 1 aromatic carbocycles. The Kier molecular flexibility index (Phi) is 6.68. The van der Waals surface area contributed by atoms with E-state index in [0.717, 1.165) is 31.0 Å². The number of rotatable bonds is 4. The van der Waals surface area contributed by atoms with Crippen LogP contribution >= 0.6 is 0 Å². The number of phenolic OH excluding ortho intramolecular Hbond substituents is 1. The van der Waals surface area contributed by atoms with Crippen LogP contribution in [0.2, 0.25) is 0 Å². The molecule has 4 aromatic heterocycles. The van der Waals surface area contributed by atoms with Crippen molar-refractivity contribution in [2.75, 3.05) is 41.7 Å². The Hall–Kier alpha value is -5.44. The summed E-state index contributed by atoms with van der Waals surface area (Å²) in [5.41, 5.74) is 8.52. The molecular weight excluding hydrogens is 508 g/mol. The fourth-order valence-electron chi connectivity index (χ4n) is 4.73. The summed E-state index contributed by atoms with van der Waals surface area (Å²) in [6, 6.07) is 12.5. The van der Waals surface area contributed by atoms with E-state index in [9.17, 15) is 9.90 Å². The molecular formula is C28H26N10O2. The molecule has 5 heterocycles. The maximum Gasteiger partial charge on any atom is 0.277 e. The second-order valence-electron chi connectivity index (χ2n) is 9.28. The van der Waals surface area contributed by atoms with Gasteiger partial charge in [-0.3, -0.25) is 4.79 Å². The van der Waals surface area contributed by atoms with Crippen molar-refractivity contribution < 1.29 is 5.11 Å². The summed E-state index contributed by atoms with van der Waals surface area (Å²) < 4.78 is 3.06. The van der Waals surface area contributed by atoms with Crippen LogP contribution in [0, 0.1) is 11.8 Å². The van der Waals surface area contributed by atoms with Crippen LogP contribution in [0.3, 0.4) is 0 Å². The minimum Gasteiger partial charge on any atom is -0.507 e. The number of benzene rings is 1. The fourth-order valence-corrected chi connectivity index (χ4v) is 4.73. The first-order valence-corrected chi connectivity index (χ1v) is 12.8. The minimum absolute atomic E-state index is 0.142. The second kappa shape index (κ2) is 10.7. The first-order chi connectivity index (χ1) is 19.6. The van der Waals surface area contributed by atoms with Crippen molar-refractivity contribution in [3.05, 3.63) is 83.4 Å². The molecule has 12 heteroatoms. The van der Waals surface area contributed by atoms with Gasteiger partial charge in [0.25, 0.3) is 5.56 Å². The third kappa shape index (κ3) is 5.00. The number of aromatic nitrogens is 7. The normalized spacial score (nSPS) is 13.6. The summed E-state index contributed by atoms with van der Waals surface area (Å²) in [5, 5.41) is 22.7. The molecule has 0 bridgehead atoms. The van der Waals surface area contributed by atoms with E-state index in [-0.39, 0.29) is 17.9 Å². The van der Waals surface area contributed by atoms with Crippen molar-refractivity contribution in [3.63, 3.8) is 0 Å². The molecule has 1 aliphatic rings. The van der Waals surface area contributed by atoms with Crippen molar-refractivity contribution in [3.8, 4) is 28.8 Å². The SMILES string of the molecule is Nc1nnc(-c2ccccc2O)cc1N1CCCN(c2ccnc(C#CCn3ccn4nccc4c3=O)n2)CC1. The van der Waals surface area contributed by atoms with E-state index in [1.165, 1.54) is 9.08 Å². The van der Waals surface area contributed by atoms with Gasteiger partial charge in [0.05, 0.1) is 24.1 Å². The Morgan fingerprint density at radius 1 is 0.975 bits per heavy atom. The van der Waals surface area contributed by atoms with Crippen LogP contribution in [0.1, 0.15) is 12.2 Å². The number of anilines is 3. The number of nitrogens with two attached hydrogens (primary N) is 1. The summed E-state index contributed by atoms with van der Waals surface area (Å²) in [4.78, 5) is 25.9. The molecule has 0 saturated carbocycles. The highest BCUT2D eigenvalue weighted by Crippen LogP contribution is 2.31. The number of hydrogen-bond donors (Lipinski definition) is 2. The van der Waals surface area contributed by atoms with E-state index in [4.69, 9.17) is 5.73 Å². The zero-order valence-corrected chi connectivity index (χ0v) is 21.6. The predicted octanol–water partition coefficient (Wildman–Crippen LogP) is 1.80. The van der Waals surface area contributed by atoms with Gasteiger partial charge in [-0.25, -0.2) is 14.5 Å². The van der Waals surface area contributed by atoms with E-state index in [1.54, 1.807) is 49.1 Å². The topological polar surface area (TPSA) is 144 Å². The quantitative estimate of drug-likeness (QED) is 0.328. The fraction of sp³-hybridized carbons (Fsp3) is 0.214. The maximum atomic E-state index is 12.5. The molecule has 1 aliphatic heterocycles. The van der Waals surface area contributed by atoms with Gasteiger partial charge in [0.2, 0.25) is 5.82 Å². The van der Waals surface area contributed by atoms with E-state index in [2.05, 4.69) is 46.9 Å². The number of para-hydroxylation sites is 1. The van der Waals surface area contributed by atoms with Crippen molar-refractivity contribution in [1.29, 1.82) is 0 Å². The van der Waals surface area contributed by atoms with Gasteiger partial charge in [0, 0.05) is 50.3 Å². The van der Waals surface area contributed by atoms with Crippen molar-refractivity contribution in [2.45, 2.75) is 13.0 Å². The molecule has 0 aliphatic carbocycles. The first-order valence-electron chi connectivity index (χ1n) is 12.8. The molecule has 40 heavy (non-hydrogen) atoms. The molecule has 3 N–H and O–H groups in total. The Labute approximate surface area is 229 Å². The van der Waals surface area contributed by atoms with Crippen LogP contribution in [-0.4, -0.2) is 65.6 Å². The first kappa shape index (κ1) is 24.9. The van der Waals surface area contributed by atoms with E-state index in [0.29, 0.717) is 41.5 Å². The highest BCUT2D eigenvalue weighted by Gasteiger charge is 2.20. The number of hydrogen-bond acceptors (Lipinski definition) is 10. The Bertz CT molecular complexity index is 1800. The Morgan fingerprint density at radius 2 is 1.82 bits per heavy atom. The monoisotopic (exact) mass is 534 g/mol. The van der Waals surface area contributed by atoms with Gasteiger partial charge in [-0.15, -0.1) is 10.2 Å². The standard InChI is InChI=1S/C28H26N10O2/c29-27-23(19-21(33-34-27)20-5-1-2-6-24(20)39)35-13-4-14-36(16-15-35)26-9-10-30-25(32-26)7-3-12-37-17-18-38-22(28(37)40)8-11-31-38/h1-2,5-6,8-11,17-19,39H,4,12-16H2,(H2,29,34). The lowest BCUT2D eigenvalue weighted by Crippen LogP contribution is -2.31. The average molecular weight is 535 g/mol. The van der Waals surface area contributed by atoms with Crippen molar-refractivity contribution in [1.82, 2.24) is 34.3 Å². The third-order valence-electron chi connectivity index (χ3n) is 6.77. The van der Waals surface area contributed by atoms with Crippen LogP contribution in [-0.2, 0) is 6.54 Å². The maximum absolute atomic E-state index is 12.5. The van der Waals surface area contributed by atoms with Gasteiger partial charge in [-0.05, 0) is 42.7 Å². The predicted molar refractivity (Wildman–Crippen MR) is 151 cm³/mol. The van der Waals surface area contributed by atoms with Gasteiger partial charge in [-0.1, -0.05) is 18.1 Å². The second-order valence-corrected chi connectivity index (χ2v) is 9.28. The van der Waals surface area contributed by atoms with E-state index < -0.39 is 0 Å². The zero-order chi connectivity index (χ0) is 27.5. The molecule has 200 valence electrons. The summed E-state index contributed by atoms with van der Waals surface area (Å²) in [7, 11) is 0. The lowest BCUT2D eigenvalue weighted by molar-refractivity contribution is 0.477. The van der Waals surface area contributed by atoms with Crippen LogP contribution in [0.4, 0.5) is 17.3 Å². The molecule has 1 fully saturated rings.